The molecule has 2 amide bonds. The van der Waals surface area contributed by atoms with Gasteiger partial charge in [0, 0.05) is 23.7 Å². The van der Waals surface area contributed by atoms with Gasteiger partial charge in [-0.05, 0) is 116 Å². The van der Waals surface area contributed by atoms with Crippen molar-refractivity contribution < 1.29 is 29.0 Å². The summed E-state index contributed by atoms with van der Waals surface area (Å²) in [6.45, 7) is 14.0. The van der Waals surface area contributed by atoms with E-state index in [9.17, 15) is 19.5 Å². The highest BCUT2D eigenvalue weighted by molar-refractivity contribution is 9.10. The number of rotatable bonds is 13. The number of hydrogen-bond acceptors (Lipinski definition) is 6. The highest BCUT2D eigenvalue weighted by Gasteiger charge is 2.56. The van der Waals surface area contributed by atoms with E-state index in [1.807, 2.05) is 71.0 Å². The first kappa shape index (κ1) is 37.1. The number of ketones is 1. The van der Waals surface area contributed by atoms with E-state index < -0.39 is 41.0 Å². The largest absolute Gasteiger partial charge is 0.490 e. The van der Waals surface area contributed by atoms with E-state index in [0.29, 0.717) is 46.1 Å². The summed E-state index contributed by atoms with van der Waals surface area (Å²) in [6.07, 6.45) is 3.80. The van der Waals surface area contributed by atoms with Crippen molar-refractivity contribution in [2.45, 2.75) is 92.1 Å². The molecule has 9 heteroatoms. The van der Waals surface area contributed by atoms with Crippen LogP contribution in [-0.4, -0.2) is 41.5 Å². The number of hydrogen-bond donors (Lipinski definition) is 3. The fourth-order valence-electron chi connectivity index (χ4n) is 6.54. The van der Waals surface area contributed by atoms with Crippen LogP contribution in [0.15, 0.2) is 53.0 Å². The summed E-state index contributed by atoms with van der Waals surface area (Å²) in [5.74, 6) is -4.02. The Labute approximate surface area is 293 Å². The molecule has 8 nitrogen and oxygen atoms in total. The second-order valence-corrected chi connectivity index (χ2v) is 14.1. The number of benzene rings is 3. The highest BCUT2D eigenvalue weighted by Crippen LogP contribution is 2.49. The standard InChI is InChI=1S/C39H49BrN2O6/c1-8-10-11-12-17-48-36-28(40)20-27(21-32(36)47-9-2)33-34(37(44)41-29-18-23(3)13-15-25(29)5)31(43)22-39(7,46)35(33)38(45)42-30-19-24(4)14-16-26(30)6/h13-16,18-21,33-35,46H,8-12,17,22H2,1-7H3,(H,41,44)(H,42,45). The number of amides is 2. The number of anilines is 2. The molecule has 0 aliphatic heterocycles. The summed E-state index contributed by atoms with van der Waals surface area (Å²) < 4.78 is 12.8. The van der Waals surface area contributed by atoms with Gasteiger partial charge in [0.1, 0.15) is 11.7 Å². The van der Waals surface area contributed by atoms with Crippen LogP contribution in [0, 0.1) is 39.5 Å². The lowest BCUT2D eigenvalue weighted by atomic mass is 9.61. The summed E-state index contributed by atoms with van der Waals surface area (Å²) in [4.78, 5) is 42.6. The Kier molecular flexibility index (Phi) is 12.5. The van der Waals surface area contributed by atoms with E-state index in [1.54, 1.807) is 12.1 Å². The fourth-order valence-corrected chi connectivity index (χ4v) is 7.11. The predicted molar refractivity (Wildman–Crippen MR) is 194 cm³/mol. The molecule has 3 aromatic carbocycles. The fraction of sp³-hybridized carbons (Fsp3) is 0.462. The predicted octanol–water partition coefficient (Wildman–Crippen LogP) is 8.36. The van der Waals surface area contributed by atoms with Gasteiger partial charge >= 0.3 is 0 Å². The third-order valence-electron chi connectivity index (χ3n) is 9.09. The quantitative estimate of drug-likeness (QED) is 0.121. The molecular formula is C39H49BrN2O6. The molecule has 258 valence electrons. The first-order valence-electron chi connectivity index (χ1n) is 16.9. The highest BCUT2D eigenvalue weighted by atomic mass is 79.9. The van der Waals surface area contributed by atoms with Gasteiger partial charge < -0.3 is 25.2 Å². The van der Waals surface area contributed by atoms with E-state index in [0.717, 1.165) is 47.9 Å². The van der Waals surface area contributed by atoms with Crippen molar-refractivity contribution in [3.8, 4) is 11.5 Å². The van der Waals surface area contributed by atoms with E-state index in [4.69, 9.17) is 9.47 Å². The average Bonchev–Trinajstić information content (AvgIpc) is 3.00. The molecule has 4 unspecified atom stereocenters. The number of halogens is 1. The molecule has 3 N–H and O–H groups in total. The SMILES string of the molecule is CCCCCCOc1c(Br)cc(C2C(C(=O)Nc3cc(C)ccc3C)C(=O)CC(C)(O)C2C(=O)Nc2cc(C)ccc2C)cc1OCC. The van der Waals surface area contributed by atoms with Crippen LogP contribution in [0.1, 0.15) is 86.6 Å². The van der Waals surface area contributed by atoms with Gasteiger partial charge in [0.2, 0.25) is 11.8 Å². The van der Waals surface area contributed by atoms with Gasteiger partial charge in [-0.1, -0.05) is 50.5 Å². The van der Waals surface area contributed by atoms with Gasteiger partial charge in [0.15, 0.2) is 11.5 Å². The topological polar surface area (TPSA) is 114 Å². The third-order valence-corrected chi connectivity index (χ3v) is 9.68. The molecule has 0 aromatic heterocycles. The van der Waals surface area contributed by atoms with Crippen LogP contribution in [0.2, 0.25) is 0 Å². The number of aryl methyl sites for hydroxylation is 4. The Hall–Kier alpha value is -3.69. The Morgan fingerprint density at radius 3 is 2.06 bits per heavy atom. The van der Waals surface area contributed by atoms with Crippen molar-refractivity contribution >= 4 is 44.9 Å². The zero-order chi connectivity index (χ0) is 35.2. The molecule has 1 fully saturated rings. The summed E-state index contributed by atoms with van der Waals surface area (Å²) in [7, 11) is 0. The smallest absolute Gasteiger partial charge is 0.235 e. The second kappa shape index (κ2) is 16.1. The molecule has 0 radical (unpaired) electrons. The van der Waals surface area contributed by atoms with Crippen LogP contribution >= 0.6 is 15.9 Å². The maximum Gasteiger partial charge on any atom is 0.235 e. The maximum atomic E-state index is 14.4. The molecule has 0 spiro atoms. The van der Waals surface area contributed by atoms with Gasteiger partial charge in [0.05, 0.1) is 29.2 Å². The number of carbonyl (C=O) groups excluding carboxylic acids is 3. The minimum absolute atomic E-state index is 0.344. The maximum absolute atomic E-state index is 14.4. The molecule has 0 saturated heterocycles. The number of aliphatic hydroxyl groups is 1. The minimum atomic E-state index is -1.76. The zero-order valence-electron chi connectivity index (χ0n) is 29.2. The van der Waals surface area contributed by atoms with Crippen LogP contribution in [0.4, 0.5) is 11.4 Å². The lowest BCUT2D eigenvalue weighted by molar-refractivity contribution is -0.150. The number of ether oxygens (including phenoxy) is 2. The van der Waals surface area contributed by atoms with Gasteiger partial charge in [-0.3, -0.25) is 14.4 Å². The molecule has 48 heavy (non-hydrogen) atoms. The third kappa shape index (κ3) is 8.66. The first-order chi connectivity index (χ1) is 22.8. The monoisotopic (exact) mass is 720 g/mol. The number of Topliss-reactive ketones (excluding diaryl/α,β-unsaturated/α-hetero) is 1. The van der Waals surface area contributed by atoms with Crippen molar-refractivity contribution in [1.29, 1.82) is 0 Å². The summed E-state index contributed by atoms with van der Waals surface area (Å²) in [6, 6.07) is 15.0. The summed E-state index contributed by atoms with van der Waals surface area (Å²) in [5, 5.41) is 17.9. The number of carbonyl (C=O) groups is 3. The normalized spacial score (nSPS) is 20.7. The first-order valence-corrected chi connectivity index (χ1v) is 17.7. The average molecular weight is 722 g/mol. The van der Waals surface area contributed by atoms with E-state index >= 15 is 0 Å². The van der Waals surface area contributed by atoms with Gasteiger partial charge in [-0.25, -0.2) is 0 Å². The minimum Gasteiger partial charge on any atom is -0.490 e. The van der Waals surface area contributed by atoms with Crippen LogP contribution in [0.3, 0.4) is 0 Å². The van der Waals surface area contributed by atoms with E-state index in [1.165, 1.54) is 6.92 Å². The van der Waals surface area contributed by atoms with Crippen LogP contribution in [0.25, 0.3) is 0 Å². The Morgan fingerprint density at radius 1 is 0.875 bits per heavy atom. The second-order valence-electron chi connectivity index (χ2n) is 13.3. The number of unbranched alkanes of at least 4 members (excludes halogenated alkanes) is 3. The molecule has 1 aliphatic carbocycles. The molecule has 3 aromatic rings. The van der Waals surface area contributed by atoms with Crippen LogP contribution in [0.5, 0.6) is 11.5 Å². The molecule has 4 rings (SSSR count). The Balaban J connectivity index is 1.84. The number of nitrogens with one attached hydrogen (secondary N) is 2. The van der Waals surface area contributed by atoms with Crippen molar-refractivity contribution in [3.63, 3.8) is 0 Å². The Bertz CT molecular complexity index is 1650. The molecular weight excluding hydrogens is 672 g/mol. The van der Waals surface area contributed by atoms with E-state index in [2.05, 4.69) is 33.5 Å². The molecule has 4 atom stereocenters. The zero-order valence-corrected chi connectivity index (χ0v) is 30.8. The van der Waals surface area contributed by atoms with Crippen LogP contribution < -0.4 is 20.1 Å². The Morgan fingerprint density at radius 2 is 1.48 bits per heavy atom. The van der Waals surface area contributed by atoms with Crippen molar-refractivity contribution in [1.82, 2.24) is 0 Å². The molecule has 1 saturated carbocycles. The van der Waals surface area contributed by atoms with Gasteiger partial charge in [-0.2, -0.15) is 0 Å². The van der Waals surface area contributed by atoms with Gasteiger partial charge in [0.25, 0.3) is 0 Å². The van der Waals surface area contributed by atoms with Crippen molar-refractivity contribution in [2.75, 3.05) is 23.8 Å². The lowest BCUT2D eigenvalue weighted by Gasteiger charge is -2.44. The molecule has 1 aliphatic rings. The molecule has 0 bridgehead atoms. The van der Waals surface area contributed by atoms with E-state index in [-0.39, 0.29) is 6.42 Å². The van der Waals surface area contributed by atoms with Crippen molar-refractivity contribution in [2.24, 2.45) is 11.8 Å². The van der Waals surface area contributed by atoms with Gasteiger partial charge in [-0.15, -0.1) is 0 Å². The summed E-state index contributed by atoms with van der Waals surface area (Å²) >= 11 is 3.66. The lowest BCUT2D eigenvalue weighted by Crippen LogP contribution is -2.56. The summed E-state index contributed by atoms with van der Waals surface area (Å²) in [5.41, 5.74) is 3.53. The van der Waals surface area contributed by atoms with Crippen LogP contribution in [-0.2, 0) is 14.4 Å². The van der Waals surface area contributed by atoms with Crippen molar-refractivity contribution in [3.05, 3.63) is 80.8 Å². The molecule has 0 heterocycles.